The molecule has 0 aromatic carbocycles. The SMILES string of the molecule is CC(=O)O[C@@H]1C[C@H]2C3CC[C@H]([C@H](C)CCCC(C)C)[C@@]3(C)CCC2[C@@]2(C)CCC(=O)C[C@]12O. The molecular formula is C29H48O4. The molecule has 4 saturated carbocycles. The van der Waals surface area contributed by atoms with Crippen molar-refractivity contribution in [1.82, 2.24) is 0 Å². The third-order valence-electron chi connectivity index (χ3n) is 11.2. The van der Waals surface area contributed by atoms with Crippen LogP contribution in [0.2, 0.25) is 0 Å². The van der Waals surface area contributed by atoms with Gasteiger partial charge in [0.05, 0.1) is 0 Å². The van der Waals surface area contributed by atoms with Gasteiger partial charge < -0.3 is 9.84 Å². The predicted octanol–water partition coefficient (Wildman–Crippen LogP) is 6.33. The van der Waals surface area contributed by atoms with Crippen molar-refractivity contribution in [1.29, 1.82) is 0 Å². The quantitative estimate of drug-likeness (QED) is 0.470. The van der Waals surface area contributed by atoms with Crippen LogP contribution in [0.15, 0.2) is 0 Å². The molecule has 0 heterocycles. The van der Waals surface area contributed by atoms with Gasteiger partial charge in [-0.2, -0.15) is 0 Å². The Hall–Kier alpha value is -0.900. The van der Waals surface area contributed by atoms with E-state index in [1.165, 1.54) is 45.4 Å². The summed E-state index contributed by atoms with van der Waals surface area (Å²) in [6.07, 6.45) is 10.5. The fraction of sp³-hybridized carbons (Fsp3) is 0.931. The second kappa shape index (κ2) is 8.95. The Labute approximate surface area is 201 Å². The van der Waals surface area contributed by atoms with Crippen molar-refractivity contribution in [2.75, 3.05) is 0 Å². The molecule has 0 amide bonds. The first-order valence-corrected chi connectivity index (χ1v) is 13.8. The van der Waals surface area contributed by atoms with Crippen LogP contribution in [-0.2, 0) is 14.3 Å². The van der Waals surface area contributed by atoms with Crippen LogP contribution in [0, 0.1) is 46.3 Å². The van der Waals surface area contributed by atoms with E-state index in [2.05, 4.69) is 34.6 Å². The molecule has 4 nitrogen and oxygen atoms in total. The summed E-state index contributed by atoms with van der Waals surface area (Å²) in [5, 5.41) is 12.0. The zero-order valence-corrected chi connectivity index (χ0v) is 22.0. The Morgan fingerprint density at radius 2 is 1.82 bits per heavy atom. The van der Waals surface area contributed by atoms with Gasteiger partial charge in [-0.1, -0.05) is 53.9 Å². The van der Waals surface area contributed by atoms with E-state index in [0.29, 0.717) is 29.6 Å². The van der Waals surface area contributed by atoms with Gasteiger partial charge in [0.2, 0.25) is 0 Å². The molecule has 4 fully saturated rings. The molecule has 0 saturated heterocycles. The molecule has 0 radical (unpaired) electrons. The van der Waals surface area contributed by atoms with E-state index in [-0.39, 0.29) is 23.6 Å². The van der Waals surface area contributed by atoms with Crippen LogP contribution in [0.5, 0.6) is 0 Å². The molecule has 4 rings (SSSR count). The lowest BCUT2D eigenvalue weighted by molar-refractivity contribution is -0.255. The monoisotopic (exact) mass is 460 g/mol. The van der Waals surface area contributed by atoms with Crippen LogP contribution >= 0.6 is 0 Å². The number of hydrogen-bond donors (Lipinski definition) is 1. The number of rotatable bonds is 6. The van der Waals surface area contributed by atoms with Gasteiger partial charge in [-0.25, -0.2) is 0 Å². The molecular weight excluding hydrogens is 412 g/mol. The number of hydrogen-bond acceptors (Lipinski definition) is 4. The number of ketones is 1. The predicted molar refractivity (Wildman–Crippen MR) is 130 cm³/mol. The van der Waals surface area contributed by atoms with Crippen molar-refractivity contribution in [3.05, 3.63) is 0 Å². The molecule has 4 aliphatic carbocycles. The van der Waals surface area contributed by atoms with Gasteiger partial charge >= 0.3 is 5.97 Å². The molecule has 0 aliphatic heterocycles. The maximum atomic E-state index is 12.4. The number of ether oxygens (including phenoxy) is 1. The van der Waals surface area contributed by atoms with E-state index >= 15 is 0 Å². The molecule has 9 atom stereocenters. The second-order valence-electron chi connectivity index (χ2n) is 13.3. The minimum atomic E-state index is -1.22. The van der Waals surface area contributed by atoms with Crippen molar-refractivity contribution in [3.63, 3.8) is 0 Å². The number of esters is 1. The summed E-state index contributed by atoms with van der Waals surface area (Å²) in [7, 11) is 0. The minimum Gasteiger partial charge on any atom is -0.459 e. The number of carbonyl (C=O) groups excluding carboxylic acids is 2. The molecule has 1 N–H and O–H groups in total. The van der Waals surface area contributed by atoms with E-state index in [0.717, 1.165) is 37.0 Å². The molecule has 33 heavy (non-hydrogen) atoms. The van der Waals surface area contributed by atoms with E-state index in [9.17, 15) is 14.7 Å². The number of aliphatic hydroxyl groups is 1. The highest BCUT2D eigenvalue weighted by Gasteiger charge is 2.68. The van der Waals surface area contributed by atoms with Gasteiger partial charge in [0.1, 0.15) is 17.5 Å². The fourth-order valence-electron chi connectivity index (χ4n) is 9.41. The molecule has 0 spiro atoms. The molecule has 0 bridgehead atoms. The summed E-state index contributed by atoms with van der Waals surface area (Å²) in [4.78, 5) is 24.5. The lowest BCUT2D eigenvalue weighted by atomic mass is 9.42. The summed E-state index contributed by atoms with van der Waals surface area (Å²) in [5.74, 6) is 3.59. The van der Waals surface area contributed by atoms with Crippen LogP contribution in [0.4, 0.5) is 0 Å². The summed E-state index contributed by atoms with van der Waals surface area (Å²) in [6, 6.07) is 0. The normalized spacial score (nSPS) is 45.8. The largest absolute Gasteiger partial charge is 0.459 e. The van der Waals surface area contributed by atoms with Gasteiger partial charge in [-0.15, -0.1) is 0 Å². The fourth-order valence-corrected chi connectivity index (χ4v) is 9.41. The number of Topliss-reactive ketones (excluding diaryl/α,β-unsaturated/α-hetero) is 1. The van der Waals surface area contributed by atoms with Crippen LogP contribution in [-0.4, -0.2) is 28.6 Å². The first-order valence-electron chi connectivity index (χ1n) is 13.8. The minimum absolute atomic E-state index is 0.113. The number of carbonyl (C=O) groups is 2. The van der Waals surface area contributed by atoms with Crippen molar-refractivity contribution < 1.29 is 19.4 Å². The maximum absolute atomic E-state index is 12.4. The van der Waals surface area contributed by atoms with Gasteiger partial charge in [0.15, 0.2) is 0 Å². The third kappa shape index (κ3) is 4.10. The standard InChI is InChI=1S/C29H48O4/c1-18(2)8-7-9-19(3)23-10-11-24-22-16-26(33-20(4)30)29(32)17-21(31)12-15-28(29,6)25(22)13-14-27(23,24)5/h18-19,22-26,32H,7-17H2,1-6H3/t19-,22+,23-,24?,25?,26-,27-,28-,29+/m1/s1. The Morgan fingerprint density at radius 3 is 2.48 bits per heavy atom. The lowest BCUT2D eigenvalue weighted by Crippen LogP contribution is -2.69. The highest BCUT2D eigenvalue weighted by atomic mass is 16.6. The van der Waals surface area contributed by atoms with Crippen LogP contribution in [0.25, 0.3) is 0 Å². The average molecular weight is 461 g/mol. The molecule has 0 aromatic rings. The molecule has 4 aliphatic rings. The molecule has 0 aromatic heterocycles. The van der Waals surface area contributed by atoms with Gasteiger partial charge in [0, 0.05) is 25.2 Å². The molecule has 188 valence electrons. The Balaban J connectivity index is 1.59. The van der Waals surface area contributed by atoms with Gasteiger partial charge in [0.25, 0.3) is 0 Å². The zero-order chi connectivity index (χ0) is 24.2. The average Bonchev–Trinajstić information content (AvgIpc) is 3.07. The van der Waals surface area contributed by atoms with Crippen LogP contribution < -0.4 is 0 Å². The van der Waals surface area contributed by atoms with Crippen molar-refractivity contribution >= 4 is 11.8 Å². The van der Waals surface area contributed by atoms with E-state index in [1.54, 1.807) is 0 Å². The summed E-state index contributed by atoms with van der Waals surface area (Å²) in [6.45, 7) is 13.3. The summed E-state index contributed by atoms with van der Waals surface area (Å²) in [5.41, 5.74) is -1.23. The van der Waals surface area contributed by atoms with Gasteiger partial charge in [-0.3, -0.25) is 9.59 Å². The second-order valence-corrected chi connectivity index (χ2v) is 13.3. The lowest BCUT2D eigenvalue weighted by Gasteiger charge is -2.65. The van der Waals surface area contributed by atoms with Crippen LogP contribution in [0.3, 0.4) is 0 Å². The Bertz CT molecular complexity index is 761. The van der Waals surface area contributed by atoms with E-state index < -0.39 is 11.7 Å². The van der Waals surface area contributed by atoms with E-state index in [1.807, 2.05) is 0 Å². The van der Waals surface area contributed by atoms with E-state index in [4.69, 9.17) is 4.74 Å². The first-order chi connectivity index (χ1) is 15.4. The summed E-state index contributed by atoms with van der Waals surface area (Å²) >= 11 is 0. The highest BCUT2D eigenvalue weighted by molar-refractivity contribution is 5.81. The zero-order valence-electron chi connectivity index (χ0n) is 22.0. The number of fused-ring (bicyclic) bond motifs is 5. The topological polar surface area (TPSA) is 63.6 Å². The van der Waals surface area contributed by atoms with Gasteiger partial charge in [-0.05, 0) is 79.4 Å². The smallest absolute Gasteiger partial charge is 0.303 e. The van der Waals surface area contributed by atoms with Crippen molar-refractivity contribution in [2.24, 2.45) is 46.3 Å². The van der Waals surface area contributed by atoms with Crippen LogP contribution in [0.1, 0.15) is 112 Å². The molecule has 2 unspecified atom stereocenters. The van der Waals surface area contributed by atoms with Crippen molar-refractivity contribution in [2.45, 2.75) is 124 Å². The highest BCUT2D eigenvalue weighted by Crippen LogP contribution is 2.69. The Morgan fingerprint density at radius 1 is 1.09 bits per heavy atom. The Kier molecular flexibility index (Phi) is 6.84. The van der Waals surface area contributed by atoms with Crippen molar-refractivity contribution in [3.8, 4) is 0 Å². The maximum Gasteiger partial charge on any atom is 0.303 e. The third-order valence-corrected chi connectivity index (χ3v) is 11.2. The first kappa shape index (κ1) is 25.2. The summed E-state index contributed by atoms with van der Waals surface area (Å²) < 4.78 is 5.82. The molecule has 4 heteroatoms.